The number of hydrogen-bond donors (Lipinski definition) is 1. The summed E-state index contributed by atoms with van der Waals surface area (Å²) < 4.78 is 72.0. The van der Waals surface area contributed by atoms with Gasteiger partial charge in [-0.3, -0.25) is 9.20 Å². The number of nitrogens with zero attached hydrogens (tertiary/aromatic N) is 2. The molecule has 0 spiro atoms. The van der Waals surface area contributed by atoms with Crippen LogP contribution in [0.4, 0.5) is 22.0 Å². The number of aryl methyl sites for hydroxylation is 1. The maximum atomic E-state index is 13.9. The number of ketones is 1. The summed E-state index contributed by atoms with van der Waals surface area (Å²) in [6.45, 7) is 0.791. The van der Waals surface area contributed by atoms with Gasteiger partial charge in [-0.2, -0.15) is 13.2 Å². The number of benzene rings is 1. The Labute approximate surface area is 186 Å². The molecule has 0 aliphatic heterocycles. The second kappa shape index (κ2) is 10.3. The van der Waals surface area contributed by atoms with Crippen molar-refractivity contribution in [2.75, 3.05) is 6.61 Å². The van der Waals surface area contributed by atoms with Gasteiger partial charge in [-0.05, 0) is 49.9 Å². The predicted octanol–water partition coefficient (Wildman–Crippen LogP) is 5.41. The first-order valence-electron chi connectivity index (χ1n) is 10.3. The van der Waals surface area contributed by atoms with E-state index in [2.05, 4.69) is 4.98 Å². The molecule has 2 heterocycles. The second-order valence-corrected chi connectivity index (χ2v) is 7.78. The summed E-state index contributed by atoms with van der Waals surface area (Å²) in [5.74, 6) is -2.31. The highest BCUT2D eigenvalue weighted by molar-refractivity contribution is 5.96. The minimum atomic E-state index is -4.29. The molecule has 1 unspecified atom stereocenters. The average molecular weight is 470 g/mol. The highest BCUT2D eigenvalue weighted by Gasteiger charge is 2.28. The van der Waals surface area contributed by atoms with Gasteiger partial charge >= 0.3 is 6.18 Å². The number of alkyl halides is 3. The van der Waals surface area contributed by atoms with E-state index in [1.807, 2.05) is 0 Å². The van der Waals surface area contributed by atoms with Crippen LogP contribution in [0.3, 0.4) is 0 Å². The first kappa shape index (κ1) is 24.6. The SMILES string of the molecule is Cc1nc2c(OCc3c(F)cccc3F)cccn2c1C(=O)CC(CO)CCCC(F)(F)F. The number of carbonyl (C=O) groups excluding carboxylic acids is 1. The Morgan fingerprint density at radius 1 is 1.18 bits per heavy atom. The van der Waals surface area contributed by atoms with Gasteiger partial charge in [-0.15, -0.1) is 0 Å². The molecule has 1 aromatic carbocycles. The van der Waals surface area contributed by atoms with Gasteiger partial charge in [0.25, 0.3) is 0 Å². The zero-order chi connectivity index (χ0) is 24.2. The van der Waals surface area contributed by atoms with Gasteiger partial charge in [-0.25, -0.2) is 13.8 Å². The quantitative estimate of drug-likeness (QED) is 0.318. The van der Waals surface area contributed by atoms with E-state index in [0.29, 0.717) is 5.69 Å². The van der Waals surface area contributed by atoms with Gasteiger partial charge < -0.3 is 9.84 Å². The number of carbonyl (C=O) groups is 1. The number of imidazole rings is 1. The molecule has 0 fully saturated rings. The second-order valence-electron chi connectivity index (χ2n) is 7.78. The zero-order valence-corrected chi connectivity index (χ0v) is 17.8. The maximum Gasteiger partial charge on any atom is 0.389 e. The minimum Gasteiger partial charge on any atom is -0.485 e. The number of fused-ring (bicyclic) bond motifs is 1. The topological polar surface area (TPSA) is 63.8 Å². The van der Waals surface area contributed by atoms with E-state index < -0.39 is 36.8 Å². The van der Waals surface area contributed by atoms with Crippen molar-refractivity contribution in [1.29, 1.82) is 0 Å². The molecule has 0 bridgehead atoms. The van der Waals surface area contributed by atoms with Gasteiger partial charge in [0.05, 0.1) is 11.3 Å². The molecule has 0 radical (unpaired) electrons. The number of aliphatic hydroxyl groups is 1. The van der Waals surface area contributed by atoms with Crippen LogP contribution in [-0.2, 0) is 6.61 Å². The number of aromatic nitrogens is 2. The number of halogens is 5. The highest BCUT2D eigenvalue weighted by atomic mass is 19.4. The number of Topliss-reactive ketones (excluding diaryl/α,β-unsaturated/α-hetero) is 1. The Morgan fingerprint density at radius 3 is 2.52 bits per heavy atom. The predicted molar refractivity (Wildman–Crippen MR) is 110 cm³/mol. The van der Waals surface area contributed by atoms with Crippen LogP contribution in [0.2, 0.25) is 0 Å². The fourth-order valence-corrected chi connectivity index (χ4v) is 3.63. The lowest BCUT2D eigenvalue weighted by molar-refractivity contribution is -0.136. The van der Waals surface area contributed by atoms with Gasteiger partial charge in [0.15, 0.2) is 17.2 Å². The van der Waals surface area contributed by atoms with Crippen LogP contribution in [0.15, 0.2) is 36.5 Å². The van der Waals surface area contributed by atoms with Crippen LogP contribution < -0.4 is 4.74 Å². The molecule has 0 aliphatic rings. The van der Waals surface area contributed by atoms with Gasteiger partial charge in [-0.1, -0.05) is 6.07 Å². The number of aliphatic hydroxyl groups excluding tert-OH is 1. The van der Waals surface area contributed by atoms with Crippen LogP contribution in [-0.4, -0.2) is 33.1 Å². The Hall–Kier alpha value is -3.01. The van der Waals surface area contributed by atoms with E-state index in [1.54, 1.807) is 25.3 Å². The lowest BCUT2D eigenvalue weighted by Crippen LogP contribution is -2.16. The number of hydrogen-bond acceptors (Lipinski definition) is 4. The Bertz CT molecular complexity index is 1110. The summed E-state index contributed by atoms with van der Waals surface area (Å²) in [6.07, 6.45) is -3.97. The summed E-state index contributed by atoms with van der Waals surface area (Å²) in [6, 6.07) is 6.59. The van der Waals surface area contributed by atoms with E-state index in [-0.39, 0.29) is 54.3 Å². The number of ether oxygens (including phenoxy) is 1. The third kappa shape index (κ3) is 6.07. The van der Waals surface area contributed by atoms with Crippen molar-refractivity contribution in [2.24, 2.45) is 5.92 Å². The Kier molecular flexibility index (Phi) is 7.68. The van der Waals surface area contributed by atoms with Crippen molar-refractivity contribution in [3.05, 3.63) is 65.1 Å². The lowest BCUT2D eigenvalue weighted by atomic mass is 9.95. The van der Waals surface area contributed by atoms with Crippen molar-refractivity contribution in [3.8, 4) is 5.75 Å². The molecular formula is C23H23F5N2O3. The number of pyridine rings is 1. The van der Waals surface area contributed by atoms with Crippen molar-refractivity contribution < 1.29 is 36.6 Å². The van der Waals surface area contributed by atoms with Crippen molar-refractivity contribution in [1.82, 2.24) is 9.38 Å². The largest absolute Gasteiger partial charge is 0.485 e. The molecule has 3 aromatic rings. The smallest absolute Gasteiger partial charge is 0.389 e. The van der Waals surface area contributed by atoms with E-state index in [4.69, 9.17) is 4.74 Å². The first-order chi connectivity index (χ1) is 15.6. The fraction of sp³-hybridized carbons (Fsp3) is 0.391. The molecular weight excluding hydrogens is 447 g/mol. The fourth-order valence-electron chi connectivity index (χ4n) is 3.63. The molecule has 1 atom stereocenters. The standard InChI is InChI=1S/C23H23F5N2O3/c1-14-21(19(32)11-15(12-31)5-3-9-23(26,27)28)30-10-4-8-20(22(30)29-14)33-13-16-17(24)6-2-7-18(16)25/h2,4,6-8,10,15,31H,3,5,9,11-13H2,1H3. The lowest BCUT2D eigenvalue weighted by Gasteiger charge is -2.14. The summed E-state index contributed by atoms with van der Waals surface area (Å²) in [7, 11) is 0. The van der Waals surface area contributed by atoms with Crippen LogP contribution >= 0.6 is 0 Å². The summed E-state index contributed by atoms with van der Waals surface area (Å²) >= 11 is 0. The van der Waals surface area contributed by atoms with E-state index >= 15 is 0 Å². The zero-order valence-electron chi connectivity index (χ0n) is 17.8. The molecule has 0 aliphatic carbocycles. The van der Waals surface area contributed by atoms with E-state index in [9.17, 15) is 31.9 Å². The van der Waals surface area contributed by atoms with Crippen LogP contribution in [0.5, 0.6) is 5.75 Å². The van der Waals surface area contributed by atoms with Crippen LogP contribution in [0.1, 0.15) is 47.4 Å². The molecule has 5 nitrogen and oxygen atoms in total. The third-order valence-corrected chi connectivity index (χ3v) is 5.29. The number of rotatable bonds is 10. The van der Waals surface area contributed by atoms with Crippen molar-refractivity contribution in [3.63, 3.8) is 0 Å². The molecule has 0 saturated carbocycles. The molecule has 33 heavy (non-hydrogen) atoms. The van der Waals surface area contributed by atoms with Gasteiger partial charge in [0.2, 0.25) is 0 Å². The Balaban J connectivity index is 1.78. The van der Waals surface area contributed by atoms with Gasteiger partial charge in [0.1, 0.15) is 23.9 Å². The third-order valence-electron chi connectivity index (χ3n) is 5.29. The molecule has 2 aromatic heterocycles. The van der Waals surface area contributed by atoms with Gasteiger partial charge in [0, 0.05) is 25.6 Å². The molecule has 0 amide bonds. The maximum absolute atomic E-state index is 13.9. The molecule has 178 valence electrons. The Morgan fingerprint density at radius 2 is 1.88 bits per heavy atom. The summed E-state index contributed by atoms with van der Waals surface area (Å²) in [5, 5.41) is 9.51. The average Bonchev–Trinajstić information content (AvgIpc) is 3.08. The monoisotopic (exact) mass is 470 g/mol. The summed E-state index contributed by atoms with van der Waals surface area (Å²) in [5.41, 5.74) is 0.582. The van der Waals surface area contributed by atoms with Crippen LogP contribution in [0.25, 0.3) is 5.65 Å². The molecule has 10 heteroatoms. The first-order valence-corrected chi connectivity index (χ1v) is 10.3. The molecule has 0 saturated heterocycles. The molecule has 1 N–H and O–H groups in total. The minimum absolute atomic E-state index is 0.0557. The highest BCUT2D eigenvalue weighted by Crippen LogP contribution is 2.27. The molecule has 3 rings (SSSR count). The van der Waals surface area contributed by atoms with E-state index in [0.717, 1.165) is 12.1 Å². The summed E-state index contributed by atoms with van der Waals surface area (Å²) in [4.78, 5) is 17.3. The van der Waals surface area contributed by atoms with Crippen LogP contribution in [0, 0.1) is 24.5 Å². The van der Waals surface area contributed by atoms with Crippen molar-refractivity contribution in [2.45, 2.75) is 45.4 Å². The van der Waals surface area contributed by atoms with E-state index in [1.165, 1.54) is 10.5 Å². The van der Waals surface area contributed by atoms with Crippen molar-refractivity contribution >= 4 is 11.4 Å². The normalized spacial score (nSPS) is 12.8.